The molecule has 0 aromatic heterocycles. The summed E-state index contributed by atoms with van der Waals surface area (Å²) < 4.78 is 1.16. The van der Waals surface area contributed by atoms with Gasteiger partial charge in [-0.15, -0.1) is 0 Å². The zero-order valence-corrected chi connectivity index (χ0v) is 13.7. The minimum Gasteiger partial charge on any atom is -0.316 e. The first kappa shape index (κ1) is 15.7. The molecule has 1 unspecified atom stereocenters. The van der Waals surface area contributed by atoms with E-state index in [1.807, 2.05) is 0 Å². The van der Waals surface area contributed by atoms with Gasteiger partial charge in [0.05, 0.1) is 0 Å². The van der Waals surface area contributed by atoms with E-state index in [9.17, 15) is 0 Å². The fourth-order valence-electron chi connectivity index (χ4n) is 2.04. The Balaban J connectivity index is 2.63. The Hall–Kier alpha value is -0.340. The van der Waals surface area contributed by atoms with Crippen LogP contribution < -0.4 is 5.32 Å². The molecular weight excluding hydrogens is 286 g/mol. The van der Waals surface area contributed by atoms with E-state index in [2.05, 4.69) is 73.2 Å². The van der Waals surface area contributed by atoms with Gasteiger partial charge in [-0.1, -0.05) is 55.8 Å². The Morgan fingerprint density at radius 2 is 1.78 bits per heavy atom. The number of halogens is 1. The number of benzene rings is 1. The summed E-state index contributed by atoms with van der Waals surface area (Å²) in [6.45, 7) is 11.5. The maximum Gasteiger partial charge on any atom is 0.0175 e. The third-order valence-corrected chi connectivity index (χ3v) is 3.97. The summed E-state index contributed by atoms with van der Waals surface area (Å²) in [6, 6.07) is 8.72. The molecule has 0 amide bonds. The fourth-order valence-corrected chi connectivity index (χ4v) is 2.31. The van der Waals surface area contributed by atoms with Crippen molar-refractivity contribution >= 4 is 15.9 Å². The molecule has 0 saturated heterocycles. The topological polar surface area (TPSA) is 12.0 Å². The molecule has 2 heteroatoms. The third kappa shape index (κ3) is 5.53. The van der Waals surface area contributed by atoms with Gasteiger partial charge in [0, 0.05) is 4.47 Å². The van der Waals surface area contributed by atoms with E-state index >= 15 is 0 Å². The van der Waals surface area contributed by atoms with Crippen molar-refractivity contribution in [3.05, 3.63) is 34.3 Å². The van der Waals surface area contributed by atoms with Gasteiger partial charge >= 0.3 is 0 Å². The van der Waals surface area contributed by atoms with Crippen LogP contribution in [0.4, 0.5) is 0 Å². The zero-order valence-electron chi connectivity index (χ0n) is 12.1. The quantitative estimate of drug-likeness (QED) is 0.754. The molecule has 1 nitrogen and oxygen atoms in total. The molecule has 1 aromatic rings. The predicted molar refractivity (Wildman–Crippen MR) is 84.0 cm³/mol. The lowest BCUT2D eigenvalue weighted by molar-refractivity contribution is 0.231. The molecular formula is C16H26BrN. The number of hydrogen-bond donors (Lipinski definition) is 1. The summed E-state index contributed by atoms with van der Waals surface area (Å²) in [4.78, 5) is 0. The Morgan fingerprint density at radius 1 is 1.17 bits per heavy atom. The van der Waals surface area contributed by atoms with E-state index in [4.69, 9.17) is 0 Å². The van der Waals surface area contributed by atoms with Gasteiger partial charge in [0.1, 0.15) is 0 Å². The van der Waals surface area contributed by atoms with Crippen molar-refractivity contribution in [2.24, 2.45) is 11.3 Å². The van der Waals surface area contributed by atoms with Gasteiger partial charge in [0.2, 0.25) is 0 Å². The second-order valence-electron chi connectivity index (χ2n) is 6.10. The van der Waals surface area contributed by atoms with Crippen LogP contribution in [0.25, 0.3) is 0 Å². The molecule has 0 aliphatic carbocycles. The summed E-state index contributed by atoms with van der Waals surface area (Å²) in [5, 5.41) is 3.56. The van der Waals surface area contributed by atoms with Crippen molar-refractivity contribution in [3.8, 4) is 0 Å². The van der Waals surface area contributed by atoms with Crippen LogP contribution in [0.2, 0.25) is 0 Å². The van der Waals surface area contributed by atoms with E-state index in [1.54, 1.807) is 0 Å². The summed E-state index contributed by atoms with van der Waals surface area (Å²) in [5.74, 6) is 0.672. The van der Waals surface area contributed by atoms with Crippen LogP contribution in [0.3, 0.4) is 0 Å². The van der Waals surface area contributed by atoms with E-state index in [0.29, 0.717) is 11.3 Å². The van der Waals surface area contributed by atoms with Crippen LogP contribution in [0.1, 0.15) is 39.7 Å². The zero-order chi connectivity index (χ0) is 13.6. The van der Waals surface area contributed by atoms with E-state index < -0.39 is 0 Å². The average Bonchev–Trinajstić information content (AvgIpc) is 2.29. The van der Waals surface area contributed by atoms with Crippen molar-refractivity contribution < 1.29 is 0 Å². The standard InChI is InChI=1S/C16H26BrN/c1-5-10-18-12-14(16(2,3)4)11-13-6-8-15(17)9-7-13/h6-9,14,18H,5,10-12H2,1-4H3. The summed E-state index contributed by atoms with van der Waals surface area (Å²) in [7, 11) is 0. The van der Waals surface area contributed by atoms with E-state index in [-0.39, 0.29) is 0 Å². The molecule has 0 bridgehead atoms. The van der Waals surface area contributed by atoms with Gasteiger partial charge in [-0.25, -0.2) is 0 Å². The molecule has 102 valence electrons. The van der Waals surface area contributed by atoms with Crippen molar-refractivity contribution in [1.29, 1.82) is 0 Å². The Bertz CT molecular complexity index is 337. The fraction of sp³-hybridized carbons (Fsp3) is 0.625. The van der Waals surface area contributed by atoms with Crippen molar-refractivity contribution in [3.63, 3.8) is 0 Å². The molecule has 1 aromatic carbocycles. The van der Waals surface area contributed by atoms with E-state index in [1.165, 1.54) is 12.0 Å². The normalized spacial score (nSPS) is 13.6. The van der Waals surface area contributed by atoms with Gasteiger partial charge in [-0.05, 0) is 55.0 Å². The Kier molecular flexibility index (Phi) is 6.37. The highest BCUT2D eigenvalue weighted by atomic mass is 79.9. The minimum absolute atomic E-state index is 0.341. The Labute approximate surface area is 120 Å². The smallest absolute Gasteiger partial charge is 0.0175 e. The molecule has 1 rings (SSSR count). The largest absolute Gasteiger partial charge is 0.316 e. The third-order valence-electron chi connectivity index (χ3n) is 3.44. The maximum atomic E-state index is 3.56. The van der Waals surface area contributed by atoms with Crippen LogP contribution in [-0.2, 0) is 6.42 Å². The number of hydrogen-bond acceptors (Lipinski definition) is 1. The molecule has 0 aliphatic rings. The van der Waals surface area contributed by atoms with Gasteiger partial charge < -0.3 is 5.32 Å². The number of rotatable bonds is 6. The lowest BCUT2D eigenvalue weighted by Crippen LogP contribution is -2.33. The SMILES string of the molecule is CCCNCC(Cc1ccc(Br)cc1)C(C)(C)C. The van der Waals surface area contributed by atoms with Crippen LogP contribution in [-0.4, -0.2) is 13.1 Å². The van der Waals surface area contributed by atoms with Crippen LogP contribution in [0.5, 0.6) is 0 Å². The predicted octanol–water partition coefficient (Wildman–Crippen LogP) is 4.65. The average molecular weight is 312 g/mol. The number of nitrogens with one attached hydrogen (secondary N) is 1. The molecule has 0 radical (unpaired) electrons. The first-order chi connectivity index (χ1) is 8.43. The molecule has 0 spiro atoms. The second kappa shape index (κ2) is 7.30. The van der Waals surface area contributed by atoms with Gasteiger partial charge in [-0.2, -0.15) is 0 Å². The second-order valence-corrected chi connectivity index (χ2v) is 7.01. The van der Waals surface area contributed by atoms with Gasteiger partial charge in [0.25, 0.3) is 0 Å². The van der Waals surface area contributed by atoms with Crippen LogP contribution in [0, 0.1) is 11.3 Å². The van der Waals surface area contributed by atoms with Crippen molar-refractivity contribution in [2.45, 2.75) is 40.5 Å². The molecule has 0 heterocycles. The highest BCUT2D eigenvalue weighted by Gasteiger charge is 2.24. The van der Waals surface area contributed by atoms with Crippen LogP contribution in [0.15, 0.2) is 28.7 Å². The molecule has 18 heavy (non-hydrogen) atoms. The first-order valence-corrected chi connectivity index (χ1v) is 7.68. The van der Waals surface area contributed by atoms with Crippen LogP contribution >= 0.6 is 15.9 Å². The molecule has 0 saturated carbocycles. The van der Waals surface area contributed by atoms with Gasteiger partial charge in [0.15, 0.2) is 0 Å². The summed E-state index contributed by atoms with van der Waals surface area (Å²) >= 11 is 3.49. The molecule has 1 N–H and O–H groups in total. The monoisotopic (exact) mass is 311 g/mol. The van der Waals surface area contributed by atoms with Gasteiger partial charge in [-0.3, -0.25) is 0 Å². The molecule has 0 fully saturated rings. The maximum absolute atomic E-state index is 3.56. The Morgan fingerprint density at radius 3 is 2.28 bits per heavy atom. The minimum atomic E-state index is 0.341. The highest BCUT2D eigenvalue weighted by molar-refractivity contribution is 9.10. The molecule has 1 atom stereocenters. The van der Waals surface area contributed by atoms with Crippen molar-refractivity contribution in [1.82, 2.24) is 5.32 Å². The lowest BCUT2D eigenvalue weighted by atomic mass is 9.77. The molecule has 0 aliphatic heterocycles. The first-order valence-electron chi connectivity index (χ1n) is 6.88. The summed E-state index contributed by atoms with van der Waals surface area (Å²) in [6.07, 6.45) is 2.35. The van der Waals surface area contributed by atoms with E-state index in [0.717, 1.165) is 24.0 Å². The highest BCUT2D eigenvalue weighted by Crippen LogP contribution is 2.29. The lowest BCUT2D eigenvalue weighted by Gasteiger charge is -2.31. The van der Waals surface area contributed by atoms with Crippen molar-refractivity contribution in [2.75, 3.05) is 13.1 Å². The summed E-state index contributed by atoms with van der Waals surface area (Å²) in [5.41, 5.74) is 1.77.